The fourth-order valence-corrected chi connectivity index (χ4v) is 4.67. The van der Waals surface area contributed by atoms with Gasteiger partial charge in [-0.2, -0.15) is 0 Å². The van der Waals surface area contributed by atoms with Gasteiger partial charge in [-0.05, 0) is 41.5 Å². The Morgan fingerprint density at radius 2 is 1.10 bits per heavy atom. The van der Waals surface area contributed by atoms with E-state index in [1.807, 2.05) is 0 Å². The number of allylic oxidation sites excluding steroid dienone is 1. The quantitative estimate of drug-likeness (QED) is 0.0994. The first-order chi connectivity index (χ1) is 15.3. The van der Waals surface area contributed by atoms with E-state index < -0.39 is 5.60 Å². The molecule has 162 valence electrons. The molecule has 1 nitrogen and oxygen atoms in total. The van der Waals surface area contributed by atoms with Gasteiger partial charge in [0.25, 0.3) is 0 Å². The molecule has 0 atom stereocenters. The maximum absolute atomic E-state index is 6.89. The molecule has 3 rings (SSSR count). The molecule has 0 spiro atoms. The molecule has 0 aromatic heterocycles. The van der Waals surface area contributed by atoms with Crippen molar-refractivity contribution >= 4 is 22.6 Å². The third-order valence-corrected chi connectivity index (χ3v) is 6.31. The Labute approximate surface area is 201 Å². The molecule has 0 unspecified atom stereocenters. The van der Waals surface area contributed by atoms with E-state index in [1.165, 1.54) is 38.5 Å². The number of hydrogen-bond donors (Lipinski definition) is 0. The van der Waals surface area contributed by atoms with Crippen LogP contribution in [0.1, 0.15) is 68.6 Å². The molecule has 0 aliphatic heterocycles. The molecule has 0 heterocycles. The number of hydrogen-bond acceptors (Lipinski definition) is 1. The number of benzene rings is 3. The molecule has 0 saturated carbocycles. The predicted octanol–water partition coefficient (Wildman–Crippen LogP) is 9.02. The van der Waals surface area contributed by atoms with E-state index in [4.69, 9.17) is 4.74 Å². The molecule has 31 heavy (non-hydrogen) atoms. The summed E-state index contributed by atoms with van der Waals surface area (Å²) in [6.45, 7) is 2.26. The van der Waals surface area contributed by atoms with Crippen molar-refractivity contribution < 1.29 is 4.74 Å². The summed E-state index contributed by atoms with van der Waals surface area (Å²) in [6, 6.07) is 31.7. The van der Waals surface area contributed by atoms with Gasteiger partial charge >= 0.3 is 0 Å². The molecule has 0 saturated heterocycles. The number of ether oxygens (including phenoxy) is 1. The SMILES string of the molecule is CCCCCCCCC=C(I)OC(c1ccccc1)(c1ccccc1)c1ccccc1. The van der Waals surface area contributed by atoms with Crippen molar-refractivity contribution in [3.63, 3.8) is 0 Å². The van der Waals surface area contributed by atoms with E-state index in [-0.39, 0.29) is 0 Å². The van der Waals surface area contributed by atoms with Gasteiger partial charge in [0.05, 0.1) is 0 Å². The van der Waals surface area contributed by atoms with Gasteiger partial charge in [0.15, 0.2) is 9.37 Å². The van der Waals surface area contributed by atoms with Crippen molar-refractivity contribution in [2.75, 3.05) is 0 Å². The van der Waals surface area contributed by atoms with Gasteiger partial charge in [0.1, 0.15) is 0 Å². The van der Waals surface area contributed by atoms with Gasteiger partial charge in [-0.3, -0.25) is 0 Å². The van der Waals surface area contributed by atoms with Crippen LogP contribution < -0.4 is 0 Å². The van der Waals surface area contributed by atoms with Crippen LogP contribution in [0, 0.1) is 0 Å². The minimum atomic E-state index is -0.683. The van der Waals surface area contributed by atoms with Crippen molar-refractivity contribution in [1.82, 2.24) is 0 Å². The fraction of sp³-hybridized carbons (Fsp3) is 0.310. The molecule has 0 aliphatic rings. The van der Waals surface area contributed by atoms with Gasteiger partial charge in [-0.1, -0.05) is 130 Å². The highest BCUT2D eigenvalue weighted by atomic mass is 127. The van der Waals surface area contributed by atoms with Crippen LogP contribution in [0.25, 0.3) is 0 Å². The Hall–Kier alpha value is -2.07. The summed E-state index contributed by atoms with van der Waals surface area (Å²) in [5, 5.41) is 0. The van der Waals surface area contributed by atoms with E-state index in [9.17, 15) is 0 Å². The van der Waals surface area contributed by atoms with Gasteiger partial charge in [-0.15, -0.1) is 0 Å². The lowest BCUT2D eigenvalue weighted by atomic mass is 9.80. The molecule has 0 amide bonds. The highest BCUT2D eigenvalue weighted by molar-refractivity contribution is 14.1. The molecule has 0 radical (unpaired) electrons. The molecule has 0 N–H and O–H groups in total. The number of halogens is 1. The van der Waals surface area contributed by atoms with Gasteiger partial charge in [-0.25, -0.2) is 0 Å². The van der Waals surface area contributed by atoms with Crippen LogP contribution >= 0.6 is 22.6 Å². The summed E-state index contributed by atoms with van der Waals surface area (Å²) >= 11 is 2.36. The molecular formula is C29H33IO. The fourth-order valence-electron chi connectivity index (χ4n) is 4.02. The Morgan fingerprint density at radius 3 is 1.55 bits per heavy atom. The first kappa shape index (κ1) is 23.6. The van der Waals surface area contributed by atoms with E-state index >= 15 is 0 Å². The van der Waals surface area contributed by atoms with Gasteiger partial charge < -0.3 is 4.74 Å². The minimum Gasteiger partial charge on any atom is -0.467 e. The van der Waals surface area contributed by atoms with Gasteiger partial charge in [0.2, 0.25) is 0 Å². The molecule has 3 aromatic carbocycles. The van der Waals surface area contributed by atoms with Crippen molar-refractivity contribution in [2.45, 2.75) is 57.5 Å². The van der Waals surface area contributed by atoms with Crippen molar-refractivity contribution in [1.29, 1.82) is 0 Å². The zero-order valence-corrected chi connectivity index (χ0v) is 20.6. The zero-order valence-electron chi connectivity index (χ0n) is 18.5. The second kappa shape index (κ2) is 12.7. The number of rotatable bonds is 12. The summed E-state index contributed by atoms with van der Waals surface area (Å²) in [4.78, 5) is 0. The molecular weight excluding hydrogens is 491 g/mol. The van der Waals surface area contributed by atoms with Crippen LogP contribution in [0.4, 0.5) is 0 Å². The standard InChI is InChI=1S/C29H33IO/c1-2-3-4-5-6-7-17-24-28(30)31-29(25-18-11-8-12-19-25,26-20-13-9-14-21-26)27-22-15-10-16-23-27/h8-16,18-24H,2-7,17H2,1H3. The summed E-state index contributed by atoms with van der Waals surface area (Å²) in [5.41, 5.74) is 2.72. The van der Waals surface area contributed by atoms with Crippen LogP contribution in [0.2, 0.25) is 0 Å². The highest BCUT2D eigenvalue weighted by Crippen LogP contribution is 2.43. The van der Waals surface area contributed by atoms with Crippen LogP contribution in [0.15, 0.2) is 101 Å². The Bertz CT molecular complexity index is 807. The first-order valence-electron chi connectivity index (χ1n) is 11.5. The van der Waals surface area contributed by atoms with Crippen molar-refractivity contribution in [3.8, 4) is 0 Å². The average Bonchev–Trinajstić information content (AvgIpc) is 2.83. The summed E-state index contributed by atoms with van der Waals surface area (Å²) in [7, 11) is 0. The second-order valence-corrected chi connectivity index (χ2v) is 9.01. The summed E-state index contributed by atoms with van der Waals surface area (Å²) in [6.07, 6.45) is 11.2. The van der Waals surface area contributed by atoms with Gasteiger partial charge in [0, 0.05) is 16.7 Å². The topological polar surface area (TPSA) is 9.23 Å². The smallest absolute Gasteiger partial charge is 0.185 e. The minimum absolute atomic E-state index is 0.683. The van der Waals surface area contributed by atoms with E-state index in [1.54, 1.807) is 0 Å². The highest BCUT2D eigenvalue weighted by Gasteiger charge is 2.39. The van der Waals surface area contributed by atoms with E-state index in [0.717, 1.165) is 26.9 Å². The van der Waals surface area contributed by atoms with Crippen molar-refractivity contribution in [3.05, 3.63) is 118 Å². The third kappa shape index (κ3) is 6.46. The molecule has 3 aromatic rings. The van der Waals surface area contributed by atoms with Crippen LogP contribution in [0.3, 0.4) is 0 Å². The predicted molar refractivity (Wildman–Crippen MR) is 140 cm³/mol. The normalized spacial score (nSPS) is 12.0. The summed E-state index contributed by atoms with van der Waals surface area (Å²) in [5.74, 6) is 0. The summed E-state index contributed by atoms with van der Waals surface area (Å²) < 4.78 is 7.84. The molecule has 0 aliphatic carbocycles. The lowest BCUT2D eigenvalue weighted by molar-refractivity contribution is 0.0933. The Balaban J connectivity index is 1.90. The maximum atomic E-state index is 6.89. The molecule has 0 bridgehead atoms. The third-order valence-electron chi connectivity index (χ3n) is 5.65. The maximum Gasteiger partial charge on any atom is 0.185 e. The second-order valence-electron chi connectivity index (χ2n) is 7.95. The Kier molecular flexibility index (Phi) is 9.67. The lowest BCUT2D eigenvalue weighted by Gasteiger charge is -2.36. The molecule has 0 fully saturated rings. The first-order valence-corrected chi connectivity index (χ1v) is 12.6. The van der Waals surface area contributed by atoms with E-state index in [0.29, 0.717) is 0 Å². The average molecular weight is 524 g/mol. The van der Waals surface area contributed by atoms with Crippen molar-refractivity contribution in [2.24, 2.45) is 0 Å². The van der Waals surface area contributed by atoms with Crippen LogP contribution in [0.5, 0.6) is 0 Å². The molecule has 2 heteroatoms. The Morgan fingerprint density at radius 1 is 0.677 bits per heavy atom. The van der Waals surface area contributed by atoms with Crippen LogP contribution in [-0.2, 0) is 10.3 Å². The number of unbranched alkanes of at least 4 members (excludes halogenated alkanes) is 6. The largest absolute Gasteiger partial charge is 0.467 e. The lowest BCUT2D eigenvalue weighted by Crippen LogP contribution is -2.32. The zero-order chi connectivity index (χ0) is 21.8. The van der Waals surface area contributed by atoms with Crippen LogP contribution in [-0.4, -0.2) is 0 Å². The monoisotopic (exact) mass is 524 g/mol. The van der Waals surface area contributed by atoms with E-state index in [2.05, 4.69) is 127 Å².